The van der Waals surface area contributed by atoms with E-state index < -0.39 is 24.2 Å². The Balaban J connectivity index is 2.28. The molecule has 0 amide bonds. The number of carbonyl (C=O) groups excluding carboxylic acids is 1. The van der Waals surface area contributed by atoms with Gasteiger partial charge in [0.25, 0.3) is 0 Å². The van der Waals surface area contributed by atoms with Crippen LogP contribution in [0.5, 0.6) is 0 Å². The van der Waals surface area contributed by atoms with Crippen LogP contribution in [-0.4, -0.2) is 34.7 Å². The number of methoxy groups -OCH3 is 1. The van der Waals surface area contributed by atoms with Gasteiger partial charge in [0.15, 0.2) is 0 Å². The van der Waals surface area contributed by atoms with Crippen molar-refractivity contribution >= 4 is 5.97 Å². The summed E-state index contributed by atoms with van der Waals surface area (Å²) in [6.07, 6.45) is -2.35. The molecule has 0 aliphatic carbocycles. The van der Waals surface area contributed by atoms with Gasteiger partial charge in [-0.05, 0) is 12.1 Å². The number of ether oxygens (including phenoxy) is 1. The third-order valence-electron chi connectivity index (χ3n) is 2.77. The first-order valence-electron chi connectivity index (χ1n) is 5.02. The molecule has 5 nitrogen and oxygen atoms in total. The molecule has 0 bridgehead atoms. The third kappa shape index (κ3) is 2.02. The molecule has 1 aliphatic rings. The van der Waals surface area contributed by atoms with Crippen LogP contribution < -0.4 is 0 Å². The van der Waals surface area contributed by atoms with Gasteiger partial charge in [-0.1, -0.05) is 6.07 Å². The van der Waals surface area contributed by atoms with E-state index in [2.05, 4.69) is 4.74 Å². The van der Waals surface area contributed by atoms with Crippen LogP contribution in [-0.2, 0) is 9.53 Å². The van der Waals surface area contributed by atoms with Crippen LogP contribution in [0.2, 0.25) is 0 Å². The molecule has 0 spiro atoms. The summed E-state index contributed by atoms with van der Waals surface area (Å²) in [7, 11) is 1.21. The number of aliphatic hydroxyl groups is 2. The number of aliphatic hydroxyl groups excluding tert-OH is 2. The summed E-state index contributed by atoms with van der Waals surface area (Å²) in [5.74, 6) is -1.09. The number of esters is 1. The Kier molecular flexibility index (Phi) is 3.10. The maximum absolute atomic E-state index is 13.0. The minimum atomic E-state index is -1.21. The molecule has 1 aromatic carbocycles. The second kappa shape index (κ2) is 4.40. The molecule has 0 saturated heterocycles. The van der Waals surface area contributed by atoms with Gasteiger partial charge in [0.1, 0.15) is 24.8 Å². The maximum Gasteiger partial charge on any atom is 0.320 e. The molecule has 2 atom stereocenters. The molecule has 2 N–H and O–H groups in total. The molecular weight excluding hydrogens is 229 g/mol. The molecule has 0 aromatic heterocycles. The quantitative estimate of drug-likeness (QED) is 0.728. The highest BCUT2D eigenvalue weighted by Gasteiger charge is 2.37. The molecule has 2 rings (SSSR count). The smallest absolute Gasteiger partial charge is 0.320 e. The van der Waals surface area contributed by atoms with Crippen LogP contribution in [0.4, 0.5) is 4.39 Å². The zero-order valence-electron chi connectivity index (χ0n) is 9.13. The van der Waals surface area contributed by atoms with Gasteiger partial charge in [0.05, 0.1) is 7.11 Å². The van der Waals surface area contributed by atoms with E-state index in [1.54, 1.807) is 0 Å². The fourth-order valence-corrected chi connectivity index (χ4v) is 1.88. The van der Waals surface area contributed by atoms with Crippen LogP contribution in [0.3, 0.4) is 0 Å². The summed E-state index contributed by atoms with van der Waals surface area (Å²) >= 11 is 0. The molecule has 2 unspecified atom stereocenters. The number of hydrogen-bond acceptors (Lipinski definition) is 5. The number of rotatable bonds is 2. The maximum atomic E-state index is 13.0. The second-order valence-corrected chi connectivity index (χ2v) is 3.77. The average molecular weight is 241 g/mol. The lowest BCUT2D eigenvalue weighted by Crippen LogP contribution is -2.32. The number of hydrogen-bond donors (Lipinski definition) is 2. The van der Waals surface area contributed by atoms with E-state index in [-0.39, 0.29) is 12.1 Å². The molecular formula is C11H12FNO4. The highest BCUT2D eigenvalue weighted by molar-refractivity contribution is 5.71. The molecule has 6 heteroatoms. The summed E-state index contributed by atoms with van der Waals surface area (Å²) in [6, 6.07) is 3.72. The minimum absolute atomic E-state index is 0.265. The molecule has 92 valence electrons. The second-order valence-electron chi connectivity index (χ2n) is 3.77. The Morgan fingerprint density at radius 3 is 2.71 bits per heavy atom. The SMILES string of the molecule is COC(=O)CN1C(O)c2ccc(F)cc2C1O. The third-order valence-corrected chi connectivity index (χ3v) is 2.77. The summed E-state index contributed by atoms with van der Waals surface area (Å²) < 4.78 is 17.5. The molecule has 1 aromatic rings. The van der Waals surface area contributed by atoms with Gasteiger partial charge < -0.3 is 14.9 Å². The van der Waals surface area contributed by atoms with Crippen molar-refractivity contribution in [3.63, 3.8) is 0 Å². The highest BCUT2D eigenvalue weighted by Crippen LogP contribution is 2.38. The molecule has 1 aliphatic heterocycles. The lowest BCUT2D eigenvalue weighted by atomic mass is 10.1. The Morgan fingerprint density at radius 2 is 2.06 bits per heavy atom. The summed E-state index contributed by atoms with van der Waals surface area (Å²) in [6.45, 7) is -0.269. The molecule has 0 fully saturated rings. The predicted molar refractivity (Wildman–Crippen MR) is 55.0 cm³/mol. The van der Waals surface area contributed by atoms with Crippen LogP contribution in [0, 0.1) is 5.82 Å². The Labute approximate surface area is 97.0 Å². The van der Waals surface area contributed by atoms with E-state index in [4.69, 9.17) is 0 Å². The van der Waals surface area contributed by atoms with Gasteiger partial charge in [-0.15, -0.1) is 0 Å². The Morgan fingerprint density at radius 1 is 1.41 bits per heavy atom. The van der Waals surface area contributed by atoms with Crippen molar-refractivity contribution in [2.24, 2.45) is 0 Å². The standard InChI is InChI=1S/C11H12FNO4/c1-17-9(14)5-13-10(15)7-3-2-6(12)4-8(7)11(13)16/h2-4,10-11,15-16H,5H2,1H3. The van der Waals surface area contributed by atoms with Crippen molar-refractivity contribution in [2.45, 2.75) is 12.5 Å². The van der Waals surface area contributed by atoms with Gasteiger partial charge in [-0.2, -0.15) is 0 Å². The minimum Gasteiger partial charge on any atom is -0.468 e. The van der Waals surface area contributed by atoms with Gasteiger partial charge in [-0.25, -0.2) is 9.29 Å². The highest BCUT2D eigenvalue weighted by atomic mass is 19.1. The molecule has 0 radical (unpaired) electrons. The van der Waals surface area contributed by atoms with Crippen LogP contribution in [0.1, 0.15) is 23.6 Å². The van der Waals surface area contributed by atoms with Crippen molar-refractivity contribution in [3.05, 3.63) is 35.1 Å². The van der Waals surface area contributed by atoms with Crippen LogP contribution >= 0.6 is 0 Å². The van der Waals surface area contributed by atoms with Crippen LogP contribution in [0.25, 0.3) is 0 Å². The molecule has 17 heavy (non-hydrogen) atoms. The van der Waals surface area contributed by atoms with E-state index in [9.17, 15) is 19.4 Å². The number of fused-ring (bicyclic) bond motifs is 1. The lowest BCUT2D eigenvalue weighted by Gasteiger charge is -2.22. The zero-order chi connectivity index (χ0) is 12.6. The monoisotopic (exact) mass is 241 g/mol. The largest absolute Gasteiger partial charge is 0.468 e. The van der Waals surface area contributed by atoms with E-state index in [0.717, 1.165) is 11.0 Å². The Bertz CT molecular complexity index is 451. The van der Waals surface area contributed by atoms with Crippen molar-refractivity contribution in [1.29, 1.82) is 0 Å². The van der Waals surface area contributed by atoms with Gasteiger partial charge in [0.2, 0.25) is 0 Å². The number of carbonyl (C=O) groups is 1. The Hall–Kier alpha value is -1.50. The van der Waals surface area contributed by atoms with Crippen molar-refractivity contribution in [1.82, 2.24) is 4.90 Å². The lowest BCUT2D eigenvalue weighted by molar-refractivity contribution is -0.152. The number of benzene rings is 1. The average Bonchev–Trinajstić information content (AvgIpc) is 2.54. The van der Waals surface area contributed by atoms with E-state index in [1.165, 1.54) is 19.2 Å². The van der Waals surface area contributed by atoms with E-state index >= 15 is 0 Å². The van der Waals surface area contributed by atoms with E-state index in [0.29, 0.717) is 5.56 Å². The first-order valence-corrected chi connectivity index (χ1v) is 5.02. The number of halogens is 1. The zero-order valence-corrected chi connectivity index (χ0v) is 9.13. The van der Waals surface area contributed by atoms with Crippen LogP contribution in [0.15, 0.2) is 18.2 Å². The number of nitrogens with zero attached hydrogens (tertiary/aromatic N) is 1. The van der Waals surface area contributed by atoms with Gasteiger partial charge in [-0.3, -0.25) is 4.79 Å². The van der Waals surface area contributed by atoms with Gasteiger partial charge in [0, 0.05) is 11.1 Å². The predicted octanol–water partition coefficient (Wildman–Crippen LogP) is 0.296. The summed E-state index contributed by atoms with van der Waals surface area (Å²) in [5.41, 5.74) is 0.657. The van der Waals surface area contributed by atoms with E-state index in [1.807, 2.05) is 0 Å². The first kappa shape index (κ1) is 12.0. The van der Waals surface area contributed by atoms with Crippen molar-refractivity contribution in [2.75, 3.05) is 13.7 Å². The first-order chi connectivity index (χ1) is 8.04. The fraction of sp³-hybridized carbons (Fsp3) is 0.364. The van der Waals surface area contributed by atoms with Crippen molar-refractivity contribution in [3.8, 4) is 0 Å². The van der Waals surface area contributed by atoms with Gasteiger partial charge >= 0.3 is 5.97 Å². The summed E-state index contributed by atoms with van der Waals surface area (Å²) in [4.78, 5) is 12.2. The molecule has 0 saturated carbocycles. The fourth-order valence-electron chi connectivity index (χ4n) is 1.88. The normalized spacial score (nSPS) is 23.5. The topological polar surface area (TPSA) is 70.0 Å². The molecule has 1 heterocycles. The summed E-state index contributed by atoms with van der Waals surface area (Å²) in [5, 5.41) is 19.8. The van der Waals surface area contributed by atoms with Crippen molar-refractivity contribution < 1.29 is 24.1 Å².